The molecule has 43 heavy (non-hydrogen) atoms. The molecule has 0 fully saturated rings. The SMILES string of the molecule is CC/C(=C(/c1ccc(OCCN(C/C=C/C(=O)N(C)C)C(=O)O)cc1)c1ccc2n[nH]c(F)c2c1)c1c(F)cccc1F. The molecule has 0 unspecified atom stereocenters. The van der Waals surface area contributed by atoms with Crippen molar-refractivity contribution in [1.82, 2.24) is 20.0 Å². The van der Waals surface area contributed by atoms with Crippen LogP contribution in [0.5, 0.6) is 5.75 Å². The van der Waals surface area contributed by atoms with Crippen molar-refractivity contribution in [3.8, 4) is 5.75 Å². The van der Waals surface area contributed by atoms with E-state index in [4.69, 9.17) is 4.74 Å². The number of carboxylic acid groups (broad SMARTS) is 1. The van der Waals surface area contributed by atoms with Gasteiger partial charge < -0.3 is 19.6 Å². The highest BCUT2D eigenvalue weighted by Gasteiger charge is 2.20. The summed E-state index contributed by atoms with van der Waals surface area (Å²) in [5.74, 6) is -1.86. The van der Waals surface area contributed by atoms with Crippen molar-refractivity contribution in [3.05, 3.63) is 107 Å². The number of likely N-dealkylation sites (N-methyl/N-ethyl adjacent to an activating group) is 1. The fraction of sp³-hybridized carbons (Fsp3) is 0.219. The first kappa shape index (κ1) is 30.9. The molecular weight excluding hydrogens is 561 g/mol. The summed E-state index contributed by atoms with van der Waals surface area (Å²) < 4.78 is 50.1. The smallest absolute Gasteiger partial charge is 0.407 e. The number of allylic oxidation sites excluding steroid dienone is 1. The molecule has 1 heterocycles. The zero-order valence-corrected chi connectivity index (χ0v) is 23.9. The maximum Gasteiger partial charge on any atom is 0.407 e. The first-order chi connectivity index (χ1) is 20.6. The van der Waals surface area contributed by atoms with Crippen molar-refractivity contribution in [3.63, 3.8) is 0 Å². The number of carbonyl (C=O) groups is 2. The number of aromatic nitrogens is 2. The van der Waals surface area contributed by atoms with Crippen molar-refractivity contribution in [1.29, 1.82) is 0 Å². The van der Waals surface area contributed by atoms with Crippen LogP contribution in [0.4, 0.5) is 18.0 Å². The molecule has 3 aromatic carbocycles. The number of benzene rings is 3. The first-order valence-corrected chi connectivity index (χ1v) is 13.5. The number of nitrogens with zero attached hydrogens (tertiary/aromatic N) is 3. The molecule has 4 aromatic rings. The summed E-state index contributed by atoms with van der Waals surface area (Å²) in [5.41, 5.74) is 2.30. The highest BCUT2D eigenvalue weighted by Crippen LogP contribution is 2.38. The minimum Gasteiger partial charge on any atom is -0.492 e. The number of nitrogens with one attached hydrogen (secondary N) is 1. The van der Waals surface area contributed by atoms with Crippen LogP contribution in [0.3, 0.4) is 0 Å². The zero-order chi connectivity index (χ0) is 31.1. The third kappa shape index (κ3) is 7.24. The maximum atomic E-state index is 15.0. The highest BCUT2D eigenvalue weighted by molar-refractivity contribution is 6.00. The second-order valence-electron chi connectivity index (χ2n) is 9.81. The largest absolute Gasteiger partial charge is 0.492 e. The van der Waals surface area contributed by atoms with Crippen molar-refractivity contribution in [2.24, 2.45) is 0 Å². The molecule has 0 aliphatic carbocycles. The summed E-state index contributed by atoms with van der Waals surface area (Å²) >= 11 is 0. The van der Waals surface area contributed by atoms with E-state index in [9.17, 15) is 27.9 Å². The number of aromatic amines is 1. The lowest BCUT2D eigenvalue weighted by Gasteiger charge is -2.19. The average molecular weight is 593 g/mol. The number of hydrogen-bond donors (Lipinski definition) is 2. The normalized spacial score (nSPS) is 12.0. The van der Waals surface area contributed by atoms with Crippen molar-refractivity contribution >= 4 is 34.0 Å². The van der Waals surface area contributed by atoms with Gasteiger partial charge in [0.2, 0.25) is 11.9 Å². The van der Waals surface area contributed by atoms with Gasteiger partial charge in [0.25, 0.3) is 0 Å². The second-order valence-corrected chi connectivity index (χ2v) is 9.81. The predicted molar refractivity (Wildman–Crippen MR) is 158 cm³/mol. The van der Waals surface area contributed by atoms with Crippen LogP contribution in [0.2, 0.25) is 0 Å². The van der Waals surface area contributed by atoms with Crippen LogP contribution < -0.4 is 4.74 Å². The Hall–Kier alpha value is -5.06. The fourth-order valence-electron chi connectivity index (χ4n) is 4.60. The quantitative estimate of drug-likeness (QED) is 0.156. The van der Waals surface area contributed by atoms with Crippen LogP contribution in [0.25, 0.3) is 22.0 Å². The fourth-order valence-corrected chi connectivity index (χ4v) is 4.60. The standard InChI is InChI=1S/C32H31F3N4O4/c1-4-23(30-25(33)7-5-8-26(30)34)29(21-12-15-27-24(19-21)31(35)37-36-27)20-10-13-22(14-11-20)43-18-17-39(32(41)42)16-6-9-28(40)38(2)3/h5-15,19H,4,16-18H2,1-3H3,(H,36,37)(H,41,42)/b9-6+,29-23+. The van der Waals surface area contributed by atoms with Crippen molar-refractivity contribution < 1.29 is 32.6 Å². The molecule has 0 atom stereocenters. The Labute approximate surface area is 246 Å². The number of carbonyl (C=O) groups excluding carboxylic acids is 1. The summed E-state index contributed by atoms with van der Waals surface area (Å²) in [7, 11) is 3.19. The van der Waals surface area contributed by atoms with E-state index in [1.807, 2.05) is 0 Å². The summed E-state index contributed by atoms with van der Waals surface area (Å²) in [6.07, 6.45) is 1.89. The minimum atomic E-state index is -1.16. The molecule has 0 bridgehead atoms. The van der Waals surface area contributed by atoms with E-state index in [1.54, 1.807) is 63.5 Å². The Balaban J connectivity index is 1.62. The lowest BCUT2D eigenvalue weighted by molar-refractivity contribution is -0.123. The Morgan fingerprint density at radius 3 is 2.30 bits per heavy atom. The van der Waals surface area contributed by atoms with E-state index < -0.39 is 23.7 Å². The van der Waals surface area contributed by atoms with Crippen LogP contribution in [0.1, 0.15) is 30.0 Å². The van der Waals surface area contributed by atoms with E-state index in [2.05, 4.69) is 10.2 Å². The number of rotatable bonds is 11. The van der Waals surface area contributed by atoms with Crippen LogP contribution in [-0.4, -0.2) is 70.9 Å². The van der Waals surface area contributed by atoms with E-state index in [0.29, 0.717) is 33.5 Å². The Morgan fingerprint density at radius 2 is 1.67 bits per heavy atom. The molecule has 0 spiro atoms. The summed E-state index contributed by atoms with van der Waals surface area (Å²) in [4.78, 5) is 25.8. The maximum absolute atomic E-state index is 15.0. The molecule has 8 nitrogen and oxygen atoms in total. The lowest BCUT2D eigenvalue weighted by Crippen LogP contribution is -2.33. The number of hydrogen-bond acceptors (Lipinski definition) is 4. The van der Waals surface area contributed by atoms with Gasteiger partial charge in [0.15, 0.2) is 0 Å². The Kier molecular flexibility index (Phi) is 9.87. The molecular formula is C32H31F3N4O4. The third-order valence-corrected chi connectivity index (χ3v) is 6.79. The van der Waals surface area contributed by atoms with Gasteiger partial charge in [-0.15, -0.1) is 0 Å². The molecule has 2 amide bonds. The number of halogens is 3. The molecule has 0 saturated heterocycles. The van der Waals surface area contributed by atoms with Gasteiger partial charge in [-0.3, -0.25) is 9.89 Å². The summed E-state index contributed by atoms with van der Waals surface area (Å²) in [6.45, 7) is 1.89. The van der Waals surface area contributed by atoms with Crippen molar-refractivity contribution in [2.75, 3.05) is 33.8 Å². The topological polar surface area (TPSA) is 98.8 Å². The Morgan fingerprint density at radius 1 is 1.00 bits per heavy atom. The number of H-pyrrole nitrogens is 1. The van der Waals surface area contributed by atoms with Crippen LogP contribution in [-0.2, 0) is 4.79 Å². The van der Waals surface area contributed by atoms with Crippen molar-refractivity contribution in [2.45, 2.75) is 13.3 Å². The monoisotopic (exact) mass is 592 g/mol. The Bertz CT molecular complexity index is 1660. The van der Waals surface area contributed by atoms with Gasteiger partial charge in [0.1, 0.15) is 24.0 Å². The third-order valence-electron chi connectivity index (χ3n) is 6.79. The zero-order valence-electron chi connectivity index (χ0n) is 23.9. The van der Waals surface area contributed by atoms with Gasteiger partial charge in [0.05, 0.1) is 17.4 Å². The van der Waals surface area contributed by atoms with E-state index in [-0.39, 0.29) is 43.0 Å². The molecule has 4 rings (SSSR count). The first-order valence-electron chi connectivity index (χ1n) is 13.5. The van der Waals surface area contributed by atoms with Gasteiger partial charge in [-0.25, -0.2) is 13.6 Å². The van der Waals surface area contributed by atoms with Crippen LogP contribution in [0, 0.1) is 17.6 Å². The second kappa shape index (κ2) is 13.7. The lowest BCUT2D eigenvalue weighted by atomic mass is 9.87. The molecule has 0 aliphatic rings. The number of fused-ring (bicyclic) bond motifs is 1. The molecule has 0 aliphatic heterocycles. The molecule has 0 radical (unpaired) electrons. The highest BCUT2D eigenvalue weighted by atomic mass is 19.1. The van der Waals surface area contributed by atoms with Gasteiger partial charge in [-0.1, -0.05) is 37.3 Å². The molecule has 0 saturated carbocycles. The van der Waals surface area contributed by atoms with E-state index >= 15 is 0 Å². The summed E-state index contributed by atoms with van der Waals surface area (Å²) in [6, 6.07) is 15.4. The molecule has 1 aromatic heterocycles. The minimum absolute atomic E-state index is 0.0133. The number of amides is 2. The number of ether oxygens (including phenoxy) is 1. The van der Waals surface area contributed by atoms with Gasteiger partial charge in [-0.05, 0) is 65.1 Å². The average Bonchev–Trinajstić information content (AvgIpc) is 3.35. The molecule has 2 N–H and O–H groups in total. The van der Waals surface area contributed by atoms with Gasteiger partial charge in [-0.2, -0.15) is 9.49 Å². The van der Waals surface area contributed by atoms with Crippen LogP contribution >= 0.6 is 0 Å². The summed E-state index contributed by atoms with van der Waals surface area (Å²) in [5, 5.41) is 16.0. The predicted octanol–water partition coefficient (Wildman–Crippen LogP) is 6.35. The van der Waals surface area contributed by atoms with Gasteiger partial charge >= 0.3 is 6.09 Å². The van der Waals surface area contributed by atoms with Crippen LogP contribution in [0.15, 0.2) is 72.8 Å². The van der Waals surface area contributed by atoms with Gasteiger partial charge in [0, 0.05) is 32.3 Å². The molecule has 11 heteroatoms. The van der Waals surface area contributed by atoms with E-state index in [0.717, 1.165) is 4.90 Å². The molecule has 224 valence electrons. The van der Waals surface area contributed by atoms with E-state index in [1.165, 1.54) is 35.3 Å².